The fourth-order valence-electron chi connectivity index (χ4n) is 3.58. The Balaban J connectivity index is 1.33. The standard InChI is InChI=1S/C25H26N4O3/c30-24(22-5-1-4-20(15-22)18-29-11-13-32-14-12-29)27-17-19-3-2-6-23(16-19)28-25(31)21-7-9-26-10-8-21/h1-10,15-16H,11-14,17-18H2,(H,27,30)(H,28,31). The largest absolute Gasteiger partial charge is 0.379 e. The third-order valence-electron chi connectivity index (χ3n) is 5.28. The molecule has 3 aromatic rings. The summed E-state index contributed by atoms with van der Waals surface area (Å²) in [4.78, 5) is 31.3. The molecule has 0 spiro atoms. The molecule has 4 rings (SSSR count). The van der Waals surface area contributed by atoms with E-state index in [2.05, 4.69) is 20.5 Å². The van der Waals surface area contributed by atoms with Crippen molar-refractivity contribution in [3.63, 3.8) is 0 Å². The number of anilines is 1. The predicted molar refractivity (Wildman–Crippen MR) is 122 cm³/mol. The van der Waals surface area contributed by atoms with Crippen LogP contribution in [0.2, 0.25) is 0 Å². The van der Waals surface area contributed by atoms with Crippen LogP contribution < -0.4 is 10.6 Å². The van der Waals surface area contributed by atoms with Crippen LogP contribution >= 0.6 is 0 Å². The summed E-state index contributed by atoms with van der Waals surface area (Å²) in [5.74, 6) is -0.328. The number of amides is 2. The van der Waals surface area contributed by atoms with Gasteiger partial charge in [0, 0.05) is 55.4 Å². The molecule has 0 radical (unpaired) electrons. The van der Waals surface area contributed by atoms with Crippen molar-refractivity contribution in [2.45, 2.75) is 13.1 Å². The van der Waals surface area contributed by atoms with Crippen molar-refractivity contribution in [2.75, 3.05) is 31.6 Å². The summed E-state index contributed by atoms with van der Waals surface area (Å²) in [5.41, 5.74) is 3.86. The topological polar surface area (TPSA) is 83.6 Å². The van der Waals surface area contributed by atoms with Gasteiger partial charge in [-0.25, -0.2) is 0 Å². The van der Waals surface area contributed by atoms with Gasteiger partial charge in [-0.05, 0) is 47.5 Å². The minimum atomic E-state index is -0.203. The van der Waals surface area contributed by atoms with E-state index in [-0.39, 0.29) is 11.8 Å². The summed E-state index contributed by atoms with van der Waals surface area (Å²) in [7, 11) is 0. The maximum atomic E-state index is 12.7. The third kappa shape index (κ3) is 6.00. The Morgan fingerprint density at radius 2 is 1.62 bits per heavy atom. The van der Waals surface area contributed by atoms with Crippen LogP contribution in [0, 0.1) is 0 Å². The monoisotopic (exact) mass is 430 g/mol. The Hall–Kier alpha value is -3.55. The van der Waals surface area contributed by atoms with Gasteiger partial charge in [-0.3, -0.25) is 19.5 Å². The quantitative estimate of drug-likeness (QED) is 0.602. The molecule has 2 amide bonds. The smallest absolute Gasteiger partial charge is 0.255 e. The number of hydrogen-bond acceptors (Lipinski definition) is 5. The van der Waals surface area contributed by atoms with Crippen molar-refractivity contribution in [2.24, 2.45) is 0 Å². The molecule has 1 fully saturated rings. The fraction of sp³-hybridized carbons (Fsp3) is 0.240. The number of morpholine rings is 1. The Kier molecular flexibility index (Phi) is 7.22. The average molecular weight is 431 g/mol. The Labute approximate surface area is 187 Å². The maximum absolute atomic E-state index is 12.7. The molecule has 1 aromatic heterocycles. The number of hydrogen-bond donors (Lipinski definition) is 2. The Bertz CT molecular complexity index is 1070. The minimum Gasteiger partial charge on any atom is -0.379 e. The molecule has 0 bridgehead atoms. The predicted octanol–water partition coefficient (Wildman–Crippen LogP) is 3.10. The maximum Gasteiger partial charge on any atom is 0.255 e. The van der Waals surface area contributed by atoms with Gasteiger partial charge in [-0.2, -0.15) is 0 Å². The second-order valence-electron chi connectivity index (χ2n) is 7.66. The average Bonchev–Trinajstić information content (AvgIpc) is 2.84. The molecule has 32 heavy (non-hydrogen) atoms. The molecule has 0 aliphatic carbocycles. The molecule has 2 N–H and O–H groups in total. The highest BCUT2D eigenvalue weighted by atomic mass is 16.5. The summed E-state index contributed by atoms with van der Waals surface area (Å²) < 4.78 is 5.39. The van der Waals surface area contributed by atoms with Gasteiger partial charge in [-0.1, -0.05) is 24.3 Å². The van der Waals surface area contributed by atoms with E-state index in [1.54, 1.807) is 24.5 Å². The third-order valence-corrected chi connectivity index (χ3v) is 5.28. The van der Waals surface area contributed by atoms with Crippen LogP contribution in [0.4, 0.5) is 5.69 Å². The molecule has 1 aliphatic rings. The lowest BCUT2D eigenvalue weighted by Crippen LogP contribution is -2.35. The number of nitrogens with one attached hydrogen (secondary N) is 2. The number of carbonyl (C=O) groups is 2. The van der Waals surface area contributed by atoms with E-state index in [1.165, 1.54) is 0 Å². The van der Waals surface area contributed by atoms with Crippen molar-refractivity contribution in [3.8, 4) is 0 Å². The van der Waals surface area contributed by atoms with Crippen molar-refractivity contribution in [3.05, 3.63) is 95.3 Å². The van der Waals surface area contributed by atoms with E-state index in [0.717, 1.165) is 44.0 Å². The van der Waals surface area contributed by atoms with Gasteiger partial charge in [0.15, 0.2) is 0 Å². The molecule has 7 nitrogen and oxygen atoms in total. The zero-order valence-corrected chi connectivity index (χ0v) is 17.8. The summed E-state index contributed by atoms with van der Waals surface area (Å²) in [6.45, 7) is 4.49. The van der Waals surface area contributed by atoms with Crippen molar-refractivity contribution < 1.29 is 14.3 Å². The number of benzene rings is 2. The number of pyridine rings is 1. The fourth-order valence-corrected chi connectivity index (χ4v) is 3.58. The normalized spacial score (nSPS) is 14.0. The molecule has 0 atom stereocenters. The molecule has 0 unspecified atom stereocenters. The minimum absolute atomic E-state index is 0.125. The number of nitrogens with zero attached hydrogens (tertiary/aromatic N) is 2. The lowest BCUT2D eigenvalue weighted by molar-refractivity contribution is 0.0342. The van der Waals surface area contributed by atoms with Crippen LogP contribution in [0.25, 0.3) is 0 Å². The van der Waals surface area contributed by atoms with Gasteiger partial charge < -0.3 is 15.4 Å². The van der Waals surface area contributed by atoms with Crippen LogP contribution in [-0.4, -0.2) is 48.0 Å². The lowest BCUT2D eigenvalue weighted by atomic mass is 10.1. The molecule has 1 aliphatic heterocycles. The number of ether oxygens (including phenoxy) is 1. The van der Waals surface area contributed by atoms with Crippen LogP contribution in [0.1, 0.15) is 31.8 Å². The van der Waals surface area contributed by atoms with Gasteiger partial charge in [0.05, 0.1) is 13.2 Å². The van der Waals surface area contributed by atoms with Gasteiger partial charge in [-0.15, -0.1) is 0 Å². The van der Waals surface area contributed by atoms with E-state index in [4.69, 9.17) is 4.74 Å². The van der Waals surface area contributed by atoms with Gasteiger partial charge in [0.2, 0.25) is 0 Å². The summed E-state index contributed by atoms with van der Waals surface area (Å²) in [6.07, 6.45) is 3.16. The van der Waals surface area contributed by atoms with E-state index in [0.29, 0.717) is 23.4 Å². The number of aromatic nitrogens is 1. The van der Waals surface area contributed by atoms with E-state index < -0.39 is 0 Å². The summed E-state index contributed by atoms with van der Waals surface area (Å²) in [6, 6.07) is 18.5. The first-order chi connectivity index (χ1) is 15.7. The molecule has 7 heteroatoms. The number of rotatable bonds is 7. The SMILES string of the molecule is O=C(NCc1cccc(NC(=O)c2ccncc2)c1)c1cccc(CN2CCOCC2)c1. The molecule has 2 aromatic carbocycles. The van der Waals surface area contributed by atoms with E-state index >= 15 is 0 Å². The van der Waals surface area contributed by atoms with Gasteiger partial charge >= 0.3 is 0 Å². The second kappa shape index (κ2) is 10.7. The van der Waals surface area contributed by atoms with Crippen molar-refractivity contribution in [1.82, 2.24) is 15.2 Å². The first-order valence-electron chi connectivity index (χ1n) is 10.6. The van der Waals surface area contributed by atoms with Crippen LogP contribution in [0.3, 0.4) is 0 Å². The lowest BCUT2D eigenvalue weighted by Gasteiger charge is -2.26. The molecular formula is C25H26N4O3. The second-order valence-corrected chi connectivity index (χ2v) is 7.66. The molecule has 0 saturated carbocycles. The van der Waals surface area contributed by atoms with Gasteiger partial charge in [0.1, 0.15) is 0 Å². The highest BCUT2D eigenvalue weighted by Gasteiger charge is 2.12. The Morgan fingerprint density at radius 3 is 2.44 bits per heavy atom. The summed E-state index contributed by atoms with van der Waals surface area (Å²) >= 11 is 0. The zero-order chi connectivity index (χ0) is 22.2. The first-order valence-corrected chi connectivity index (χ1v) is 10.6. The van der Waals surface area contributed by atoms with Crippen molar-refractivity contribution in [1.29, 1.82) is 0 Å². The first kappa shape index (κ1) is 21.7. The molecule has 1 saturated heterocycles. The summed E-state index contributed by atoms with van der Waals surface area (Å²) in [5, 5.41) is 5.84. The van der Waals surface area contributed by atoms with Gasteiger partial charge in [0.25, 0.3) is 11.8 Å². The van der Waals surface area contributed by atoms with Crippen LogP contribution in [0.15, 0.2) is 73.1 Å². The highest BCUT2D eigenvalue weighted by molar-refractivity contribution is 6.04. The highest BCUT2D eigenvalue weighted by Crippen LogP contribution is 2.14. The Morgan fingerprint density at radius 1 is 0.875 bits per heavy atom. The molecular weight excluding hydrogens is 404 g/mol. The van der Waals surface area contributed by atoms with E-state index in [1.807, 2.05) is 48.5 Å². The molecule has 2 heterocycles. The van der Waals surface area contributed by atoms with Crippen LogP contribution in [0.5, 0.6) is 0 Å². The zero-order valence-electron chi connectivity index (χ0n) is 17.8. The van der Waals surface area contributed by atoms with E-state index in [9.17, 15) is 9.59 Å². The van der Waals surface area contributed by atoms with Crippen molar-refractivity contribution >= 4 is 17.5 Å². The van der Waals surface area contributed by atoms with Crippen LogP contribution in [-0.2, 0) is 17.8 Å². The number of carbonyl (C=O) groups excluding carboxylic acids is 2. The molecule has 164 valence electrons.